The van der Waals surface area contributed by atoms with Gasteiger partial charge in [-0.05, 0) is 24.3 Å². The number of rotatable bonds is 5. The summed E-state index contributed by atoms with van der Waals surface area (Å²) in [5.74, 6) is 2.44. The van der Waals surface area contributed by atoms with E-state index in [-0.39, 0.29) is 0 Å². The normalized spacial score (nSPS) is 12.7. The zero-order valence-electron chi connectivity index (χ0n) is 13.8. The first-order chi connectivity index (χ1) is 12.3. The molecule has 4 rings (SSSR count). The molecule has 0 bridgehead atoms. The summed E-state index contributed by atoms with van der Waals surface area (Å²) >= 11 is 1.58. The van der Waals surface area contributed by atoms with Gasteiger partial charge in [-0.1, -0.05) is 18.2 Å². The second-order valence-electron chi connectivity index (χ2n) is 5.56. The average molecular weight is 354 g/mol. The van der Waals surface area contributed by atoms with E-state index in [9.17, 15) is 0 Å². The molecule has 0 spiro atoms. The summed E-state index contributed by atoms with van der Waals surface area (Å²) in [5.41, 5.74) is 3.04. The van der Waals surface area contributed by atoms with Crippen LogP contribution in [0.15, 0.2) is 47.8 Å². The van der Waals surface area contributed by atoms with Crippen molar-refractivity contribution < 1.29 is 14.2 Å². The van der Waals surface area contributed by atoms with E-state index in [1.807, 2.05) is 47.8 Å². The number of anilines is 1. The zero-order valence-corrected chi connectivity index (χ0v) is 14.6. The number of hydrogen-bond acceptors (Lipinski definition) is 6. The first kappa shape index (κ1) is 15.8. The number of benzene rings is 2. The van der Waals surface area contributed by atoms with Crippen LogP contribution in [0.3, 0.4) is 0 Å². The summed E-state index contributed by atoms with van der Waals surface area (Å²) in [6.45, 7) is 1.84. The maximum absolute atomic E-state index is 5.64. The standard InChI is InChI=1S/C19H18N2O3S/c1-22-16-5-3-2-4-14(16)11-20-19-21-15(12-25-19)13-6-7-17-18(10-13)24-9-8-23-17/h2-7,10,12H,8-9,11H2,1H3,(H,20,21). The first-order valence-electron chi connectivity index (χ1n) is 8.05. The Kier molecular flexibility index (Phi) is 4.43. The van der Waals surface area contributed by atoms with E-state index in [4.69, 9.17) is 14.2 Å². The maximum Gasteiger partial charge on any atom is 0.183 e. The number of thiazole rings is 1. The smallest absolute Gasteiger partial charge is 0.183 e. The third kappa shape index (κ3) is 3.39. The van der Waals surface area contributed by atoms with Gasteiger partial charge < -0.3 is 19.5 Å². The number of para-hydroxylation sites is 1. The molecule has 1 N–H and O–H groups in total. The summed E-state index contributed by atoms with van der Waals surface area (Å²) in [6, 6.07) is 13.9. The number of ether oxygens (including phenoxy) is 3. The van der Waals surface area contributed by atoms with Gasteiger partial charge in [0.25, 0.3) is 0 Å². The molecule has 0 aliphatic carbocycles. The number of fused-ring (bicyclic) bond motifs is 1. The fraction of sp³-hybridized carbons (Fsp3) is 0.211. The Morgan fingerprint density at radius 1 is 1.12 bits per heavy atom. The Balaban J connectivity index is 1.49. The van der Waals surface area contributed by atoms with Crippen LogP contribution in [-0.4, -0.2) is 25.3 Å². The Morgan fingerprint density at radius 2 is 1.96 bits per heavy atom. The molecule has 6 heteroatoms. The summed E-state index contributed by atoms with van der Waals surface area (Å²) in [7, 11) is 1.68. The van der Waals surface area contributed by atoms with Crippen molar-refractivity contribution in [2.45, 2.75) is 6.54 Å². The van der Waals surface area contributed by atoms with Crippen molar-refractivity contribution >= 4 is 16.5 Å². The van der Waals surface area contributed by atoms with Gasteiger partial charge in [-0.3, -0.25) is 0 Å². The number of hydrogen-bond donors (Lipinski definition) is 1. The molecule has 25 heavy (non-hydrogen) atoms. The third-order valence-electron chi connectivity index (χ3n) is 3.96. The highest BCUT2D eigenvalue weighted by Crippen LogP contribution is 2.35. The van der Waals surface area contributed by atoms with Gasteiger partial charge in [-0.2, -0.15) is 0 Å². The van der Waals surface area contributed by atoms with Crippen LogP contribution in [0, 0.1) is 0 Å². The van der Waals surface area contributed by atoms with Crippen molar-refractivity contribution in [3.8, 4) is 28.5 Å². The largest absolute Gasteiger partial charge is 0.496 e. The second-order valence-corrected chi connectivity index (χ2v) is 6.42. The lowest BCUT2D eigenvalue weighted by Gasteiger charge is -2.18. The number of nitrogens with one attached hydrogen (secondary N) is 1. The number of methoxy groups -OCH3 is 1. The number of aromatic nitrogens is 1. The zero-order chi connectivity index (χ0) is 17.1. The molecule has 2 heterocycles. The molecule has 0 radical (unpaired) electrons. The van der Waals surface area contributed by atoms with Crippen LogP contribution in [0.4, 0.5) is 5.13 Å². The molecule has 2 aromatic carbocycles. The highest BCUT2D eigenvalue weighted by molar-refractivity contribution is 7.14. The van der Waals surface area contributed by atoms with E-state index in [0.717, 1.165) is 39.2 Å². The highest BCUT2D eigenvalue weighted by atomic mass is 32.1. The van der Waals surface area contributed by atoms with Gasteiger partial charge in [0.15, 0.2) is 16.6 Å². The van der Waals surface area contributed by atoms with Crippen molar-refractivity contribution in [1.29, 1.82) is 0 Å². The van der Waals surface area contributed by atoms with E-state index in [2.05, 4.69) is 10.3 Å². The fourth-order valence-electron chi connectivity index (χ4n) is 2.71. The predicted octanol–water partition coefficient (Wildman–Crippen LogP) is 4.20. The molecule has 0 unspecified atom stereocenters. The molecule has 0 amide bonds. The minimum atomic E-state index is 0.583. The molecular weight excluding hydrogens is 336 g/mol. The van der Waals surface area contributed by atoms with Crippen LogP contribution >= 0.6 is 11.3 Å². The highest BCUT2D eigenvalue weighted by Gasteiger charge is 2.14. The van der Waals surface area contributed by atoms with Crippen LogP contribution in [-0.2, 0) is 6.54 Å². The lowest BCUT2D eigenvalue weighted by Crippen LogP contribution is -2.15. The summed E-state index contributed by atoms with van der Waals surface area (Å²) in [4.78, 5) is 4.67. The Bertz CT molecular complexity index is 879. The van der Waals surface area contributed by atoms with Crippen LogP contribution in [0.25, 0.3) is 11.3 Å². The molecule has 0 fully saturated rings. The van der Waals surface area contributed by atoms with Crippen LogP contribution < -0.4 is 19.5 Å². The van der Waals surface area contributed by atoms with Crippen LogP contribution in [0.5, 0.6) is 17.2 Å². The van der Waals surface area contributed by atoms with E-state index < -0.39 is 0 Å². The summed E-state index contributed by atoms with van der Waals surface area (Å²) in [5, 5.41) is 6.27. The van der Waals surface area contributed by atoms with Gasteiger partial charge in [0.05, 0.1) is 12.8 Å². The fourth-order valence-corrected chi connectivity index (χ4v) is 3.43. The topological polar surface area (TPSA) is 52.6 Å². The van der Waals surface area contributed by atoms with Crippen LogP contribution in [0.2, 0.25) is 0 Å². The van der Waals surface area contributed by atoms with E-state index in [1.54, 1.807) is 18.4 Å². The second kappa shape index (κ2) is 7.03. The maximum atomic E-state index is 5.64. The molecule has 128 valence electrons. The molecule has 0 saturated carbocycles. The van der Waals surface area contributed by atoms with Gasteiger partial charge >= 0.3 is 0 Å². The lowest BCUT2D eigenvalue weighted by molar-refractivity contribution is 0.171. The Morgan fingerprint density at radius 3 is 2.84 bits per heavy atom. The third-order valence-corrected chi connectivity index (χ3v) is 4.76. The molecule has 0 atom stereocenters. The van der Waals surface area contributed by atoms with Crippen molar-refractivity contribution in [3.05, 3.63) is 53.4 Å². The van der Waals surface area contributed by atoms with Crippen molar-refractivity contribution in [1.82, 2.24) is 4.98 Å². The number of nitrogens with zero attached hydrogens (tertiary/aromatic N) is 1. The Labute approximate surface area is 150 Å². The van der Waals surface area contributed by atoms with Crippen molar-refractivity contribution in [2.75, 3.05) is 25.6 Å². The lowest BCUT2D eigenvalue weighted by atomic mass is 10.1. The molecule has 1 aliphatic rings. The Hall–Kier alpha value is -2.73. The van der Waals surface area contributed by atoms with Crippen LogP contribution in [0.1, 0.15) is 5.56 Å². The summed E-state index contributed by atoms with van der Waals surface area (Å²) in [6.07, 6.45) is 0. The van der Waals surface area contributed by atoms with Gasteiger partial charge in [-0.25, -0.2) is 4.98 Å². The van der Waals surface area contributed by atoms with Gasteiger partial charge in [0.1, 0.15) is 19.0 Å². The molecular formula is C19H18N2O3S. The van der Waals surface area contributed by atoms with E-state index in [1.165, 1.54) is 0 Å². The van der Waals surface area contributed by atoms with E-state index in [0.29, 0.717) is 19.8 Å². The quantitative estimate of drug-likeness (QED) is 0.744. The monoisotopic (exact) mass is 354 g/mol. The first-order valence-corrected chi connectivity index (χ1v) is 8.93. The van der Waals surface area contributed by atoms with Crippen molar-refractivity contribution in [2.24, 2.45) is 0 Å². The van der Waals surface area contributed by atoms with E-state index >= 15 is 0 Å². The van der Waals surface area contributed by atoms with Gasteiger partial charge in [0, 0.05) is 23.1 Å². The predicted molar refractivity (Wildman–Crippen MR) is 98.9 cm³/mol. The molecule has 3 aromatic rings. The van der Waals surface area contributed by atoms with Crippen molar-refractivity contribution in [3.63, 3.8) is 0 Å². The molecule has 1 aromatic heterocycles. The minimum Gasteiger partial charge on any atom is -0.496 e. The minimum absolute atomic E-state index is 0.583. The molecule has 5 nitrogen and oxygen atoms in total. The molecule has 0 saturated heterocycles. The summed E-state index contributed by atoms with van der Waals surface area (Å²) < 4.78 is 16.6. The van der Waals surface area contributed by atoms with Gasteiger partial charge in [-0.15, -0.1) is 11.3 Å². The average Bonchev–Trinajstić information content (AvgIpc) is 3.15. The SMILES string of the molecule is COc1ccccc1CNc1nc(-c2ccc3c(c2)OCCO3)cs1. The molecule has 1 aliphatic heterocycles. The van der Waals surface area contributed by atoms with Gasteiger partial charge in [0.2, 0.25) is 0 Å².